The molecule has 1 saturated heterocycles. The Morgan fingerprint density at radius 2 is 1.73 bits per heavy atom. The predicted molar refractivity (Wildman–Crippen MR) is 102 cm³/mol. The highest BCUT2D eigenvalue weighted by Gasteiger charge is 2.28. The van der Waals surface area contributed by atoms with E-state index < -0.39 is 10.0 Å². The lowest BCUT2D eigenvalue weighted by Crippen LogP contribution is -2.48. The SMILES string of the molecule is Cc1cc(S(=O)(=O)N2CCN(C/C=C/c3ccccc3)CC2)ccc1F. The highest BCUT2D eigenvalue weighted by molar-refractivity contribution is 7.89. The van der Waals surface area contributed by atoms with Crippen LogP contribution in [-0.4, -0.2) is 50.3 Å². The molecule has 2 aromatic carbocycles. The highest BCUT2D eigenvalue weighted by atomic mass is 32.2. The van der Waals surface area contributed by atoms with Crippen LogP contribution >= 0.6 is 0 Å². The van der Waals surface area contributed by atoms with Crippen LogP contribution in [0.3, 0.4) is 0 Å². The van der Waals surface area contributed by atoms with Gasteiger partial charge in [0.05, 0.1) is 4.90 Å². The van der Waals surface area contributed by atoms with Gasteiger partial charge in [-0.15, -0.1) is 0 Å². The molecule has 1 fully saturated rings. The van der Waals surface area contributed by atoms with Crippen molar-refractivity contribution in [1.29, 1.82) is 0 Å². The Morgan fingerprint density at radius 3 is 2.38 bits per heavy atom. The average molecular weight is 374 g/mol. The zero-order valence-corrected chi connectivity index (χ0v) is 15.6. The minimum atomic E-state index is -3.57. The molecule has 138 valence electrons. The molecule has 0 atom stereocenters. The van der Waals surface area contributed by atoms with E-state index in [1.54, 1.807) is 6.92 Å². The molecule has 0 bridgehead atoms. The van der Waals surface area contributed by atoms with Crippen molar-refractivity contribution in [3.63, 3.8) is 0 Å². The van der Waals surface area contributed by atoms with Gasteiger partial charge < -0.3 is 0 Å². The first-order valence-corrected chi connectivity index (χ1v) is 10.1. The van der Waals surface area contributed by atoms with E-state index in [0.29, 0.717) is 31.7 Å². The number of nitrogens with zero attached hydrogens (tertiary/aromatic N) is 2. The molecule has 4 nitrogen and oxygen atoms in total. The molecule has 1 aliphatic rings. The van der Waals surface area contributed by atoms with Crippen molar-refractivity contribution in [3.8, 4) is 0 Å². The van der Waals surface area contributed by atoms with Gasteiger partial charge >= 0.3 is 0 Å². The summed E-state index contributed by atoms with van der Waals surface area (Å²) in [7, 11) is -3.57. The smallest absolute Gasteiger partial charge is 0.243 e. The number of aryl methyl sites for hydroxylation is 1. The summed E-state index contributed by atoms with van der Waals surface area (Å²) in [5.74, 6) is -0.390. The van der Waals surface area contributed by atoms with Crippen molar-refractivity contribution in [1.82, 2.24) is 9.21 Å². The van der Waals surface area contributed by atoms with E-state index in [1.807, 2.05) is 30.3 Å². The lowest BCUT2D eigenvalue weighted by molar-refractivity contribution is 0.204. The number of hydrogen-bond acceptors (Lipinski definition) is 3. The van der Waals surface area contributed by atoms with Gasteiger partial charge in [0, 0.05) is 32.7 Å². The molecule has 0 spiro atoms. The van der Waals surface area contributed by atoms with E-state index in [0.717, 1.165) is 12.1 Å². The zero-order chi connectivity index (χ0) is 18.6. The van der Waals surface area contributed by atoms with Crippen LogP contribution in [0, 0.1) is 12.7 Å². The second kappa shape index (κ2) is 8.12. The normalized spacial score (nSPS) is 17.0. The molecular weight excluding hydrogens is 351 g/mol. The van der Waals surface area contributed by atoms with Crippen LogP contribution in [0.2, 0.25) is 0 Å². The van der Waals surface area contributed by atoms with Gasteiger partial charge in [0.25, 0.3) is 0 Å². The van der Waals surface area contributed by atoms with E-state index >= 15 is 0 Å². The van der Waals surface area contributed by atoms with Crippen molar-refractivity contribution in [3.05, 3.63) is 71.6 Å². The number of halogens is 1. The van der Waals surface area contributed by atoms with E-state index in [2.05, 4.69) is 17.1 Å². The number of hydrogen-bond donors (Lipinski definition) is 0. The van der Waals surface area contributed by atoms with Crippen molar-refractivity contribution in [2.45, 2.75) is 11.8 Å². The molecule has 3 rings (SSSR count). The molecule has 0 N–H and O–H groups in total. The van der Waals surface area contributed by atoms with Crippen LogP contribution in [0.25, 0.3) is 6.08 Å². The fraction of sp³-hybridized carbons (Fsp3) is 0.300. The number of rotatable bonds is 5. The first-order valence-electron chi connectivity index (χ1n) is 8.67. The van der Waals surface area contributed by atoms with Crippen LogP contribution in [0.15, 0.2) is 59.5 Å². The third kappa shape index (κ3) is 4.38. The van der Waals surface area contributed by atoms with Crippen LogP contribution in [-0.2, 0) is 10.0 Å². The Balaban J connectivity index is 1.57. The van der Waals surface area contributed by atoms with Crippen molar-refractivity contribution in [2.75, 3.05) is 32.7 Å². The summed E-state index contributed by atoms with van der Waals surface area (Å²) in [6.07, 6.45) is 4.17. The van der Waals surface area contributed by atoms with E-state index in [-0.39, 0.29) is 10.7 Å². The van der Waals surface area contributed by atoms with Gasteiger partial charge in [0.15, 0.2) is 0 Å². The lowest BCUT2D eigenvalue weighted by Gasteiger charge is -2.33. The van der Waals surface area contributed by atoms with Crippen LogP contribution in [0.4, 0.5) is 4.39 Å². The maximum Gasteiger partial charge on any atom is 0.243 e. The van der Waals surface area contributed by atoms with Gasteiger partial charge in [-0.3, -0.25) is 4.90 Å². The van der Waals surface area contributed by atoms with Gasteiger partial charge in [-0.25, -0.2) is 12.8 Å². The quantitative estimate of drug-likeness (QED) is 0.807. The summed E-state index contributed by atoms with van der Waals surface area (Å²) in [6, 6.07) is 14.0. The summed E-state index contributed by atoms with van der Waals surface area (Å²) >= 11 is 0. The largest absolute Gasteiger partial charge is 0.297 e. The van der Waals surface area contributed by atoms with Crippen molar-refractivity contribution < 1.29 is 12.8 Å². The molecule has 0 saturated carbocycles. The van der Waals surface area contributed by atoms with Gasteiger partial charge in [-0.2, -0.15) is 4.31 Å². The molecule has 6 heteroatoms. The Labute approximate surface area is 154 Å². The summed E-state index contributed by atoms with van der Waals surface area (Å²) in [4.78, 5) is 2.38. The summed E-state index contributed by atoms with van der Waals surface area (Å²) in [5, 5.41) is 0. The Morgan fingerprint density at radius 1 is 1.04 bits per heavy atom. The molecular formula is C20H23FN2O2S. The van der Waals surface area contributed by atoms with Crippen LogP contribution in [0.1, 0.15) is 11.1 Å². The van der Waals surface area contributed by atoms with Gasteiger partial charge in [0.1, 0.15) is 5.82 Å². The van der Waals surface area contributed by atoms with Gasteiger partial charge in [-0.05, 0) is 36.2 Å². The topological polar surface area (TPSA) is 40.6 Å². The average Bonchev–Trinajstić information content (AvgIpc) is 2.65. The third-order valence-corrected chi connectivity index (χ3v) is 6.47. The number of piperazine rings is 1. The maximum absolute atomic E-state index is 13.4. The van der Waals surface area contributed by atoms with E-state index in [1.165, 1.54) is 22.5 Å². The van der Waals surface area contributed by atoms with Crippen molar-refractivity contribution >= 4 is 16.1 Å². The highest BCUT2D eigenvalue weighted by Crippen LogP contribution is 2.20. The fourth-order valence-corrected chi connectivity index (χ4v) is 4.49. The molecule has 0 aliphatic carbocycles. The summed E-state index contributed by atoms with van der Waals surface area (Å²) in [6.45, 7) is 4.61. The van der Waals surface area contributed by atoms with E-state index in [9.17, 15) is 12.8 Å². The minimum Gasteiger partial charge on any atom is -0.297 e. The monoisotopic (exact) mass is 374 g/mol. The zero-order valence-electron chi connectivity index (χ0n) is 14.8. The molecule has 0 amide bonds. The molecule has 1 aliphatic heterocycles. The van der Waals surface area contributed by atoms with E-state index in [4.69, 9.17) is 0 Å². The molecule has 2 aromatic rings. The first-order chi connectivity index (χ1) is 12.5. The Hall–Kier alpha value is -2.02. The van der Waals surface area contributed by atoms with Gasteiger partial charge in [-0.1, -0.05) is 42.5 Å². The summed E-state index contributed by atoms with van der Waals surface area (Å²) in [5.41, 5.74) is 1.50. The Bertz CT molecular complexity index is 874. The summed E-state index contributed by atoms with van der Waals surface area (Å²) < 4.78 is 40.3. The second-order valence-electron chi connectivity index (χ2n) is 6.43. The van der Waals surface area contributed by atoms with Crippen LogP contribution in [0.5, 0.6) is 0 Å². The molecule has 1 heterocycles. The van der Waals surface area contributed by atoms with Gasteiger partial charge in [0.2, 0.25) is 10.0 Å². The first kappa shape index (κ1) is 18.8. The molecule has 0 aromatic heterocycles. The fourth-order valence-electron chi connectivity index (χ4n) is 2.98. The van der Waals surface area contributed by atoms with Crippen molar-refractivity contribution in [2.24, 2.45) is 0 Å². The molecule has 26 heavy (non-hydrogen) atoms. The Kier molecular flexibility index (Phi) is 5.86. The van der Waals surface area contributed by atoms with Crippen LogP contribution < -0.4 is 0 Å². The lowest BCUT2D eigenvalue weighted by atomic mass is 10.2. The second-order valence-corrected chi connectivity index (χ2v) is 8.37. The predicted octanol–water partition coefficient (Wildman–Crippen LogP) is 3.15. The minimum absolute atomic E-state index is 0.161. The molecule has 0 radical (unpaired) electrons. The molecule has 0 unspecified atom stereocenters. The third-order valence-electron chi connectivity index (χ3n) is 4.57. The maximum atomic E-state index is 13.4. The number of benzene rings is 2. The number of sulfonamides is 1. The standard InChI is InChI=1S/C20H23FN2O2S/c1-17-16-19(9-10-20(17)21)26(24,25)23-14-12-22(13-15-23)11-5-8-18-6-3-2-4-7-18/h2-10,16H,11-15H2,1H3/b8-5+.